The van der Waals surface area contributed by atoms with Gasteiger partial charge in [-0.3, -0.25) is 13.9 Å². The number of benzene rings is 3. The normalized spacial score (nSPS) is 11.9. The number of carbonyl (C=O) groups excluding carboxylic acids is 2. The Morgan fingerprint density at radius 3 is 2.31 bits per heavy atom. The number of sulfonamides is 1. The molecule has 1 atom stereocenters. The lowest BCUT2D eigenvalue weighted by Crippen LogP contribution is -2.51. The molecule has 0 saturated carbocycles. The Morgan fingerprint density at radius 1 is 1.00 bits per heavy atom. The quantitative estimate of drug-likeness (QED) is 0.314. The van der Waals surface area contributed by atoms with Gasteiger partial charge in [0.05, 0.1) is 17.7 Å². The lowest BCUT2D eigenvalue weighted by atomic mass is 10.1. The van der Waals surface area contributed by atoms with Crippen molar-refractivity contribution in [3.05, 3.63) is 88.4 Å². The molecule has 0 saturated heterocycles. The fraction of sp³-hybridized carbons (Fsp3) is 0.286. The molecule has 3 aromatic rings. The molecular formula is C28H31Cl2N3O5S. The van der Waals surface area contributed by atoms with E-state index in [-0.39, 0.29) is 28.8 Å². The third-order valence-corrected chi connectivity index (χ3v) is 8.40. The fourth-order valence-electron chi connectivity index (χ4n) is 3.88. The minimum absolute atomic E-state index is 0.00439. The summed E-state index contributed by atoms with van der Waals surface area (Å²) in [7, 11) is -2.78. The number of rotatable bonds is 12. The number of carbonyl (C=O) groups is 2. The molecule has 8 nitrogen and oxygen atoms in total. The molecule has 0 spiro atoms. The first kappa shape index (κ1) is 30.3. The van der Waals surface area contributed by atoms with E-state index < -0.39 is 28.5 Å². The Labute approximate surface area is 239 Å². The van der Waals surface area contributed by atoms with Crippen LogP contribution in [-0.2, 0) is 26.2 Å². The molecule has 0 fully saturated rings. The standard InChI is InChI=1S/C28H31Cl2N3O5S/c1-4-16-31-28(35)20(2)32(18-21-14-15-22(29)17-24(21)30)27(34)19-33(25-12-8-9-13-26(25)38-3)39(36,37)23-10-6-5-7-11-23/h5-15,17,20H,4,16,18-19H2,1-3H3,(H,31,35)/t20-/m0/s1. The van der Waals surface area contributed by atoms with Crippen LogP contribution >= 0.6 is 23.2 Å². The van der Waals surface area contributed by atoms with Gasteiger partial charge in [0.25, 0.3) is 10.0 Å². The molecule has 2 amide bonds. The van der Waals surface area contributed by atoms with Crippen molar-refractivity contribution in [3.8, 4) is 5.75 Å². The predicted molar refractivity (Wildman–Crippen MR) is 154 cm³/mol. The maximum Gasteiger partial charge on any atom is 0.264 e. The topological polar surface area (TPSA) is 96.0 Å². The smallest absolute Gasteiger partial charge is 0.264 e. The third-order valence-electron chi connectivity index (χ3n) is 6.04. The average Bonchev–Trinajstić information content (AvgIpc) is 2.94. The Kier molecular flexibility index (Phi) is 10.6. The maximum atomic E-state index is 13.9. The summed E-state index contributed by atoms with van der Waals surface area (Å²) in [5, 5.41) is 3.54. The molecule has 0 radical (unpaired) electrons. The van der Waals surface area contributed by atoms with Gasteiger partial charge >= 0.3 is 0 Å². The lowest BCUT2D eigenvalue weighted by molar-refractivity contribution is -0.139. The first-order valence-corrected chi connectivity index (χ1v) is 14.5. The molecule has 3 aromatic carbocycles. The van der Waals surface area contributed by atoms with Crippen molar-refractivity contribution in [1.29, 1.82) is 0 Å². The zero-order chi connectivity index (χ0) is 28.6. The molecule has 39 heavy (non-hydrogen) atoms. The van der Waals surface area contributed by atoms with Crippen LogP contribution in [0.3, 0.4) is 0 Å². The number of anilines is 1. The van der Waals surface area contributed by atoms with Crippen molar-refractivity contribution < 1.29 is 22.7 Å². The summed E-state index contributed by atoms with van der Waals surface area (Å²) in [6, 6.07) is 18.3. The summed E-state index contributed by atoms with van der Waals surface area (Å²) in [5.41, 5.74) is 0.740. The van der Waals surface area contributed by atoms with E-state index in [1.165, 1.54) is 24.1 Å². The first-order chi connectivity index (χ1) is 18.6. The van der Waals surface area contributed by atoms with Gasteiger partial charge in [0.15, 0.2) is 0 Å². The first-order valence-electron chi connectivity index (χ1n) is 12.3. The van der Waals surface area contributed by atoms with Gasteiger partial charge in [-0.1, -0.05) is 66.5 Å². The van der Waals surface area contributed by atoms with Crippen LogP contribution in [0.25, 0.3) is 0 Å². The fourth-order valence-corrected chi connectivity index (χ4v) is 5.79. The van der Waals surface area contributed by atoms with E-state index in [0.29, 0.717) is 28.6 Å². The number of nitrogens with zero attached hydrogens (tertiary/aromatic N) is 2. The Morgan fingerprint density at radius 2 is 1.67 bits per heavy atom. The number of amides is 2. The van der Waals surface area contributed by atoms with E-state index in [4.69, 9.17) is 27.9 Å². The average molecular weight is 593 g/mol. The summed E-state index contributed by atoms with van der Waals surface area (Å²) < 4.78 is 34.1. The predicted octanol–water partition coefficient (Wildman–Crippen LogP) is 5.14. The van der Waals surface area contributed by atoms with Crippen LogP contribution < -0.4 is 14.4 Å². The highest BCUT2D eigenvalue weighted by Crippen LogP contribution is 2.32. The molecule has 1 N–H and O–H groups in total. The van der Waals surface area contributed by atoms with Crippen molar-refractivity contribution in [1.82, 2.24) is 10.2 Å². The molecule has 0 aliphatic rings. The Hall–Kier alpha value is -3.27. The highest BCUT2D eigenvalue weighted by atomic mass is 35.5. The highest BCUT2D eigenvalue weighted by Gasteiger charge is 2.33. The molecular weight excluding hydrogens is 561 g/mol. The molecule has 0 aliphatic heterocycles. The number of methoxy groups -OCH3 is 1. The number of halogens is 2. The van der Waals surface area contributed by atoms with E-state index >= 15 is 0 Å². The van der Waals surface area contributed by atoms with Gasteiger partial charge in [-0.05, 0) is 55.3 Å². The second-order valence-electron chi connectivity index (χ2n) is 8.72. The molecule has 208 valence electrons. The highest BCUT2D eigenvalue weighted by molar-refractivity contribution is 7.92. The van der Waals surface area contributed by atoms with E-state index in [0.717, 1.165) is 4.31 Å². The van der Waals surface area contributed by atoms with Crippen LogP contribution in [0.15, 0.2) is 77.7 Å². The molecule has 0 unspecified atom stereocenters. The van der Waals surface area contributed by atoms with Crippen molar-refractivity contribution in [2.24, 2.45) is 0 Å². The van der Waals surface area contributed by atoms with Crippen molar-refractivity contribution in [3.63, 3.8) is 0 Å². The molecule has 11 heteroatoms. The maximum absolute atomic E-state index is 13.9. The van der Waals surface area contributed by atoms with E-state index in [1.807, 2.05) is 6.92 Å². The van der Waals surface area contributed by atoms with Crippen molar-refractivity contribution in [2.45, 2.75) is 37.8 Å². The number of nitrogens with one attached hydrogen (secondary N) is 1. The van der Waals surface area contributed by atoms with Gasteiger partial charge in [0.1, 0.15) is 18.3 Å². The van der Waals surface area contributed by atoms with Crippen LogP contribution in [-0.4, -0.2) is 51.4 Å². The zero-order valence-electron chi connectivity index (χ0n) is 21.9. The zero-order valence-corrected chi connectivity index (χ0v) is 24.3. The van der Waals surface area contributed by atoms with Gasteiger partial charge in [0.2, 0.25) is 11.8 Å². The number of para-hydroxylation sites is 2. The number of ether oxygens (including phenoxy) is 1. The minimum Gasteiger partial charge on any atom is -0.495 e. The van der Waals surface area contributed by atoms with Gasteiger partial charge < -0.3 is 15.0 Å². The van der Waals surface area contributed by atoms with Crippen LogP contribution in [0.1, 0.15) is 25.8 Å². The van der Waals surface area contributed by atoms with Crippen molar-refractivity contribution >= 4 is 50.7 Å². The number of hydrogen-bond acceptors (Lipinski definition) is 5. The lowest BCUT2D eigenvalue weighted by Gasteiger charge is -2.32. The van der Waals surface area contributed by atoms with Crippen LogP contribution in [0.4, 0.5) is 5.69 Å². The Balaban J connectivity index is 2.06. The summed E-state index contributed by atoms with van der Waals surface area (Å²) in [6.45, 7) is 3.31. The second kappa shape index (κ2) is 13.7. The van der Waals surface area contributed by atoms with E-state index in [9.17, 15) is 18.0 Å². The minimum atomic E-state index is -4.20. The van der Waals surface area contributed by atoms with Crippen LogP contribution in [0, 0.1) is 0 Å². The van der Waals surface area contributed by atoms with Gasteiger partial charge in [-0.15, -0.1) is 0 Å². The molecule has 0 bridgehead atoms. The number of hydrogen-bond donors (Lipinski definition) is 1. The molecule has 3 rings (SSSR count). The SMILES string of the molecule is CCCNC(=O)[C@H](C)N(Cc1ccc(Cl)cc1Cl)C(=O)CN(c1ccccc1OC)S(=O)(=O)c1ccccc1. The van der Waals surface area contributed by atoms with Gasteiger partial charge in [0, 0.05) is 23.1 Å². The third kappa shape index (κ3) is 7.44. The Bertz CT molecular complexity index is 1400. The second-order valence-corrected chi connectivity index (χ2v) is 11.4. The van der Waals surface area contributed by atoms with Crippen LogP contribution in [0.2, 0.25) is 10.0 Å². The van der Waals surface area contributed by atoms with E-state index in [2.05, 4.69) is 5.32 Å². The van der Waals surface area contributed by atoms with Gasteiger partial charge in [-0.2, -0.15) is 0 Å². The monoisotopic (exact) mass is 591 g/mol. The molecule has 0 heterocycles. The van der Waals surface area contributed by atoms with E-state index in [1.54, 1.807) is 67.6 Å². The summed E-state index contributed by atoms with van der Waals surface area (Å²) in [6.07, 6.45) is 0.715. The molecule has 0 aromatic heterocycles. The van der Waals surface area contributed by atoms with Crippen LogP contribution in [0.5, 0.6) is 5.75 Å². The largest absolute Gasteiger partial charge is 0.495 e. The summed E-state index contributed by atoms with van der Waals surface area (Å²) >= 11 is 12.4. The van der Waals surface area contributed by atoms with Gasteiger partial charge in [-0.25, -0.2) is 8.42 Å². The molecule has 0 aliphatic carbocycles. The summed E-state index contributed by atoms with van der Waals surface area (Å²) in [5.74, 6) is -0.707. The van der Waals surface area contributed by atoms with Crippen molar-refractivity contribution in [2.75, 3.05) is 24.5 Å². The summed E-state index contributed by atoms with van der Waals surface area (Å²) in [4.78, 5) is 28.2.